The minimum atomic E-state index is 0.741. The van der Waals surface area contributed by atoms with Crippen LogP contribution in [0.1, 0.15) is 18.7 Å². The Morgan fingerprint density at radius 1 is 1.45 bits per heavy atom. The molecule has 1 unspecified atom stereocenters. The lowest BCUT2D eigenvalue weighted by molar-refractivity contribution is 0.382. The summed E-state index contributed by atoms with van der Waals surface area (Å²) in [6, 6.07) is 4.04. The molecule has 0 aromatic carbocycles. The summed E-state index contributed by atoms with van der Waals surface area (Å²) in [7, 11) is 4.22. The number of hydrogen-bond donors (Lipinski definition) is 0. The van der Waals surface area contributed by atoms with Crippen LogP contribution in [0.4, 0.5) is 0 Å². The molecule has 1 fully saturated rings. The Labute approximate surface area is 124 Å². The molecule has 2 aromatic heterocycles. The number of thioether (sulfide) groups is 1. The third-order valence-corrected chi connectivity index (χ3v) is 5.19. The largest absolute Gasteiger partial charge is 0.311 e. The summed E-state index contributed by atoms with van der Waals surface area (Å²) in [6.07, 6.45) is 5.62. The van der Waals surface area contributed by atoms with Crippen LogP contribution in [0.15, 0.2) is 18.3 Å². The fourth-order valence-corrected chi connectivity index (χ4v) is 3.97. The van der Waals surface area contributed by atoms with Crippen LogP contribution in [0.2, 0.25) is 0 Å². The fraction of sp³-hybridized carbons (Fsp3) is 0.600. The van der Waals surface area contributed by atoms with Crippen molar-refractivity contribution in [1.82, 2.24) is 19.4 Å². The molecule has 0 N–H and O–H groups in total. The lowest BCUT2D eigenvalue weighted by atomic mass is 10.2. The van der Waals surface area contributed by atoms with Crippen LogP contribution in [0, 0.1) is 0 Å². The minimum absolute atomic E-state index is 0.741. The van der Waals surface area contributed by atoms with Gasteiger partial charge in [0, 0.05) is 31.0 Å². The number of hydrogen-bond acceptors (Lipinski definition) is 4. The van der Waals surface area contributed by atoms with Gasteiger partial charge in [0.25, 0.3) is 0 Å². The second-order valence-electron chi connectivity index (χ2n) is 5.67. The Balaban J connectivity index is 1.89. The van der Waals surface area contributed by atoms with Crippen LogP contribution in [0.5, 0.6) is 0 Å². The maximum Gasteiger partial charge on any atom is 0.160 e. The van der Waals surface area contributed by atoms with Crippen LogP contribution in [0.25, 0.3) is 11.2 Å². The lowest BCUT2D eigenvalue weighted by Gasteiger charge is -2.14. The quantitative estimate of drug-likeness (QED) is 0.847. The van der Waals surface area contributed by atoms with E-state index in [1.165, 1.54) is 24.4 Å². The second-order valence-corrected chi connectivity index (χ2v) is 7.08. The van der Waals surface area contributed by atoms with Crippen LogP contribution >= 0.6 is 11.8 Å². The Kier molecular flexibility index (Phi) is 4.27. The Hall–Kier alpha value is -1.07. The molecular weight excluding hydrogens is 268 g/mol. The summed E-state index contributed by atoms with van der Waals surface area (Å²) < 4.78 is 2.31. The van der Waals surface area contributed by atoms with Crippen LogP contribution in [-0.4, -0.2) is 51.1 Å². The van der Waals surface area contributed by atoms with E-state index in [-0.39, 0.29) is 0 Å². The van der Waals surface area contributed by atoms with Gasteiger partial charge in [-0.05, 0) is 44.8 Å². The first-order valence-electron chi connectivity index (χ1n) is 7.30. The summed E-state index contributed by atoms with van der Waals surface area (Å²) in [5.74, 6) is 2.51. The molecule has 1 saturated heterocycles. The molecule has 0 bridgehead atoms. The summed E-state index contributed by atoms with van der Waals surface area (Å²) >= 11 is 2.10. The molecule has 0 aliphatic carbocycles. The number of nitrogens with zero attached hydrogens (tertiary/aromatic N) is 4. The predicted octanol–water partition coefficient (Wildman–Crippen LogP) is 2.43. The predicted molar refractivity (Wildman–Crippen MR) is 85.3 cm³/mol. The van der Waals surface area contributed by atoms with Crippen molar-refractivity contribution in [3.63, 3.8) is 0 Å². The van der Waals surface area contributed by atoms with Crippen molar-refractivity contribution in [2.24, 2.45) is 0 Å². The molecule has 108 valence electrons. The van der Waals surface area contributed by atoms with Gasteiger partial charge in [0.05, 0.1) is 0 Å². The van der Waals surface area contributed by atoms with Crippen LogP contribution in [0.3, 0.4) is 0 Å². The highest BCUT2D eigenvalue weighted by atomic mass is 32.2. The van der Waals surface area contributed by atoms with Crippen LogP contribution < -0.4 is 0 Å². The van der Waals surface area contributed by atoms with Gasteiger partial charge >= 0.3 is 0 Å². The average Bonchev–Trinajstić information content (AvgIpc) is 3.04. The SMILES string of the molecule is CN(C)CCn1c(CC2CCCS2)nc2cccnc21. The summed E-state index contributed by atoms with van der Waals surface area (Å²) in [5, 5.41) is 0.741. The zero-order valence-corrected chi connectivity index (χ0v) is 13.1. The fourth-order valence-electron chi connectivity index (χ4n) is 2.71. The molecule has 5 heteroatoms. The van der Waals surface area contributed by atoms with E-state index in [1.54, 1.807) is 0 Å². The zero-order chi connectivity index (χ0) is 13.9. The molecule has 1 atom stereocenters. The molecule has 3 rings (SSSR count). The number of imidazole rings is 1. The molecule has 2 aromatic rings. The topological polar surface area (TPSA) is 34.0 Å². The van der Waals surface area contributed by atoms with E-state index in [2.05, 4.69) is 46.4 Å². The highest BCUT2D eigenvalue weighted by molar-refractivity contribution is 8.00. The van der Waals surface area contributed by atoms with Gasteiger partial charge in [0.2, 0.25) is 0 Å². The lowest BCUT2D eigenvalue weighted by Crippen LogP contribution is -2.20. The van der Waals surface area contributed by atoms with Crippen molar-refractivity contribution < 1.29 is 0 Å². The van der Waals surface area contributed by atoms with Crippen molar-refractivity contribution in [1.29, 1.82) is 0 Å². The number of rotatable bonds is 5. The highest BCUT2D eigenvalue weighted by Gasteiger charge is 2.20. The molecule has 1 aliphatic rings. The maximum atomic E-state index is 4.82. The van der Waals surface area contributed by atoms with Gasteiger partial charge in [-0.15, -0.1) is 0 Å². The first-order chi connectivity index (χ1) is 9.74. The van der Waals surface area contributed by atoms with Gasteiger partial charge in [0.1, 0.15) is 11.3 Å². The van der Waals surface area contributed by atoms with Gasteiger partial charge in [-0.2, -0.15) is 11.8 Å². The van der Waals surface area contributed by atoms with Gasteiger partial charge in [-0.1, -0.05) is 0 Å². The molecule has 0 saturated carbocycles. The number of fused-ring (bicyclic) bond motifs is 1. The number of likely N-dealkylation sites (N-methyl/N-ethyl adjacent to an activating group) is 1. The number of pyridine rings is 1. The average molecular weight is 290 g/mol. The minimum Gasteiger partial charge on any atom is -0.311 e. The van der Waals surface area contributed by atoms with Crippen molar-refractivity contribution in [3.8, 4) is 0 Å². The van der Waals surface area contributed by atoms with E-state index in [1.807, 2.05) is 12.3 Å². The molecule has 4 nitrogen and oxygen atoms in total. The van der Waals surface area contributed by atoms with Crippen molar-refractivity contribution in [2.75, 3.05) is 26.4 Å². The first-order valence-corrected chi connectivity index (χ1v) is 8.35. The van der Waals surface area contributed by atoms with Gasteiger partial charge in [0.15, 0.2) is 5.65 Å². The third kappa shape index (κ3) is 2.99. The second kappa shape index (κ2) is 6.14. The third-order valence-electron chi connectivity index (χ3n) is 3.79. The smallest absolute Gasteiger partial charge is 0.160 e. The maximum absolute atomic E-state index is 4.82. The number of aromatic nitrogens is 3. The van der Waals surface area contributed by atoms with Crippen molar-refractivity contribution in [3.05, 3.63) is 24.2 Å². The first kappa shape index (κ1) is 13.9. The molecule has 0 spiro atoms. The van der Waals surface area contributed by atoms with Crippen LogP contribution in [-0.2, 0) is 13.0 Å². The highest BCUT2D eigenvalue weighted by Crippen LogP contribution is 2.29. The van der Waals surface area contributed by atoms with Gasteiger partial charge in [-0.3, -0.25) is 0 Å². The van der Waals surface area contributed by atoms with E-state index >= 15 is 0 Å². The van der Waals surface area contributed by atoms with E-state index in [9.17, 15) is 0 Å². The molecular formula is C15H22N4S. The Bertz CT molecular complexity index is 572. The molecule has 0 radical (unpaired) electrons. The summed E-state index contributed by atoms with van der Waals surface area (Å²) in [6.45, 7) is 1.99. The van der Waals surface area contributed by atoms with Gasteiger partial charge < -0.3 is 9.47 Å². The zero-order valence-electron chi connectivity index (χ0n) is 12.2. The van der Waals surface area contributed by atoms with E-state index in [4.69, 9.17) is 4.98 Å². The molecule has 3 heterocycles. The van der Waals surface area contributed by atoms with Crippen molar-refractivity contribution >= 4 is 22.9 Å². The van der Waals surface area contributed by atoms with E-state index in [0.29, 0.717) is 0 Å². The summed E-state index contributed by atoms with van der Waals surface area (Å²) in [4.78, 5) is 11.6. The van der Waals surface area contributed by atoms with E-state index in [0.717, 1.165) is 35.9 Å². The molecule has 0 amide bonds. The van der Waals surface area contributed by atoms with Gasteiger partial charge in [-0.25, -0.2) is 9.97 Å². The molecule has 20 heavy (non-hydrogen) atoms. The van der Waals surface area contributed by atoms with Crippen molar-refractivity contribution in [2.45, 2.75) is 31.1 Å². The Morgan fingerprint density at radius 2 is 2.35 bits per heavy atom. The standard InChI is InChI=1S/C15H22N4S/c1-18(2)8-9-19-14(11-12-5-4-10-20-12)17-13-6-3-7-16-15(13)19/h3,6-7,12H,4-5,8-11H2,1-2H3. The normalized spacial score (nSPS) is 19.2. The molecule has 1 aliphatic heterocycles. The summed E-state index contributed by atoms with van der Waals surface area (Å²) in [5.41, 5.74) is 2.07. The monoisotopic (exact) mass is 290 g/mol. The Morgan fingerprint density at radius 3 is 3.10 bits per heavy atom. The van der Waals surface area contributed by atoms with E-state index < -0.39 is 0 Å².